The first kappa shape index (κ1) is 19.7. The molecule has 0 spiro atoms. The Hall–Kier alpha value is -3.08. The number of methoxy groups -OCH3 is 1. The van der Waals surface area contributed by atoms with E-state index in [1.807, 2.05) is 81.0 Å². The first-order chi connectivity index (χ1) is 13.4. The molecule has 0 N–H and O–H groups in total. The molecule has 3 aromatic rings. The quantitative estimate of drug-likeness (QED) is 0.640. The number of hydrogen-bond acceptors (Lipinski definition) is 3. The molecule has 28 heavy (non-hydrogen) atoms. The van der Waals surface area contributed by atoms with Crippen molar-refractivity contribution in [1.29, 1.82) is 0 Å². The number of amides is 1. The van der Waals surface area contributed by atoms with Gasteiger partial charge in [-0.1, -0.05) is 30.3 Å². The van der Waals surface area contributed by atoms with E-state index < -0.39 is 0 Å². The van der Waals surface area contributed by atoms with Crippen LogP contribution in [0.2, 0.25) is 0 Å². The number of rotatable bonds is 6. The molecule has 1 heterocycles. The van der Waals surface area contributed by atoms with Gasteiger partial charge >= 0.3 is 0 Å². The zero-order valence-electron chi connectivity index (χ0n) is 17.1. The van der Waals surface area contributed by atoms with Crippen molar-refractivity contribution in [3.05, 3.63) is 82.7 Å². The molecule has 1 atom stereocenters. The van der Waals surface area contributed by atoms with Gasteiger partial charge in [-0.25, -0.2) is 0 Å². The summed E-state index contributed by atoms with van der Waals surface area (Å²) in [6, 6.07) is 17.5. The molecular formula is C23H27N3O2. The Labute approximate surface area is 166 Å². The van der Waals surface area contributed by atoms with Crippen LogP contribution in [0, 0.1) is 13.8 Å². The van der Waals surface area contributed by atoms with Crippen molar-refractivity contribution in [2.45, 2.75) is 33.4 Å². The summed E-state index contributed by atoms with van der Waals surface area (Å²) >= 11 is 0. The Kier molecular flexibility index (Phi) is 5.83. The SMILES string of the molecule is COc1ccccc1C(C)N(C)C(=O)c1ccc(Cn2nc(C)cc2C)cc1. The van der Waals surface area contributed by atoms with Gasteiger partial charge in [-0.2, -0.15) is 5.10 Å². The normalized spacial score (nSPS) is 11.9. The summed E-state index contributed by atoms with van der Waals surface area (Å²) in [4.78, 5) is 14.7. The second-order valence-electron chi connectivity index (χ2n) is 7.12. The molecule has 0 saturated carbocycles. The van der Waals surface area contributed by atoms with Crippen LogP contribution in [0.1, 0.15) is 45.8 Å². The lowest BCUT2D eigenvalue weighted by Crippen LogP contribution is -2.29. The number of carbonyl (C=O) groups excluding carboxylic acids is 1. The predicted octanol–water partition coefficient (Wildman–Crippen LogP) is 4.39. The largest absolute Gasteiger partial charge is 0.496 e. The summed E-state index contributed by atoms with van der Waals surface area (Å²) in [6.07, 6.45) is 0. The molecule has 0 fully saturated rings. The highest BCUT2D eigenvalue weighted by molar-refractivity contribution is 5.94. The Morgan fingerprint density at radius 2 is 1.82 bits per heavy atom. The zero-order valence-corrected chi connectivity index (χ0v) is 17.1. The Bertz CT molecular complexity index is 960. The lowest BCUT2D eigenvalue weighted by Gasteiger charge is -2.26. The molecule has 0 saturated heterocycles. The second kappa shape index (κ2) is 8.30. The van der Waals surface area contributed by atoms with Crippen molar-refractivity contribution in [1.82, 2.24) is 14.7 Å². The minimum absolute atomic E-state index is 0.0175. The smallest absolute Gasteiger partial charge is 0.254 e. The number of aryl methyl sites for hydroxylation is 2. The predicted molar refractivity (Wildman–Crippen MR) is 111 cm³/mol. The molecule has 3 rings (SSSR count). The Morgan fingerprint density at radius 3 is 2.43 bits per heavy atom. The zero-order chi connectivity index (χ0) is 20.3. The van der Waals surface area contributed by atoms with E-state index in [1.165, 1.54) is 0 Å². The molecule has 0 bridgehead atoms. The van der Waals surface area contributed by atoms with E-state index >= 15 is 0 Å². The van der Waals surface area contributed by atoms with Crippen molar-refractivity contribution in [3.8, 4) is 5.75 Å². The topological polar surface area (TPSA) is 47.4 Å². The monoisotopic (exact) mass is 377 g/mol. The Balaban J connectivity index is 1.74. The Morgan fingerprint density at radius 1 is 1.14 bits per heavy atom. The molecule has 0 aliphatic carbocycles. The average Bonchev–Trinajstić information content (AvgIpc) is 3.03. The summed E-state index contributed by atoms with van der Waals surface area (Å²) < 4.78 is 7.41. The number of para-hydroxylation sites is 1. The van der Waals surface area contributed by atoms with Gasteiger partial charge in [0.05, 0.1) is 25.4 Å². The van der Waals surface area contributed by atoms with Crippen LogP contribution < -0.4 is 4.74 Å². The van der Waals surface area contributed by atoms with Gasteiger partial charge < -0.3 is 9.64 Å². The van der Waals surface area contributed by atoms with E-state index in [4.69, 9.17) is 4.74 Å². The van der Waals surface area contributed by atoms with Crippen LogP contribution in [0.15, 0.2) is 54.6 Å². The number of carbonyl (C=O) groups is 1. The van der Waals surface area contributed by atoms with Crippen LogP contribution in [-0.4, -0.2) is 34.7 Å². The second-order valence-corrected chi connectivity index (χ2v) is 7.12. The summed E-state index contributed by atoms with van der Waals surface area (Å²) in [5, 5.41) is 4.49. The van der Waals surface area contributed by atoms with Gasteiger partial charge in [0.15, 0.2) is 0 Å². The van der Waals surface area contributed by atoms with Gasteiger partial charge in [0.1, 0.15) is 5.75 Å². The van der Waals surface area contributed by atoms with Crippen molar-refractivity contribution in [3.63, 3.8) is 0 Å². The minimum Gasteiger partial charge on any atom is -0.496 e. The number of aromatic nitrogens is 2. The van der Waals surface area contributed by atoms with Crippen molar-refractivity contribution in [2.75, 3.05) is 14.2 Å². The van der Waals surface area contributed by atoms with E-state index in [-0.39, 0.29) is 11.9 Å². The summed E-state index contributed by atoms with van der Waals surface area (Å²) in [5.74, 6) is 0.769. The maximum Gasteiger partial charge on any atom is 0.254 e. The highest BCUT2D eigenvalue weighted by Gasteiger charge is 2.21. The maximum atomic E-state index is 13.0. The van der Waals surface area contributed by atoms with E-state index in [0.29, 0.717) is 12.1 Å². The third kappa shape index (κ3) is 4.09. The van der Waals surface area contributed by atoms with E-state index in [0.717, 1.165) is 28.3 Å². The lowest BCUT2D eigenvalue weighted by molar-refractivity contribution is 0.0741. The lowest BCUT2D eigenvalue weighted by atomic mass is 10.0. The molecular weight excluding hydrogens is 350 g/mol. The fraction of sp³-hybridized carbons (Fsp3) is 0.304. The molecule has 0 radical (unpaired) electrons. The highest BCUT2D eigenvalue weighted by atomic mass is 16.5. The van der Waals surface area contributed by atoms with Gasteiger partial charge in [-0.15, -0.1) is 0 Å². The van der Waals surface area contributed by atoms with E-state index in [2.05, 4.69) is 11.2 Å². The molecule has 1 unspecified atom stereocenters. The molecule has 0 aliphatic rings. The van der Waals surface area contributed by atoms with E-state index in [1.54, 1.807) is 12.0 Å². The third-order valence-corrected chi connectivity index (χ3v) is 5.13. The molecule has 5 nitrogen and oxygen atoms in total. The number of ether oxygens (including phenoxy) is 1. The standard InChI is InChI=1S/C23H27N3O2/c1-16-14-17(2)26(24-16)15-19-10-12-20(13-11-19)23(27)25(4)18(3)21-8-6-7-9-22(21)28-5/h6-14,18H,15H2,1-5H3. The number of nitrogens with zero attached hydrogens (tertiary/aromatic N) is 3. The molecule has 1 amide bonds. The molecule has 146 valence electrons. The van der Waals surface area contributed by atoms with Crippen molar-refractivity contribution in [2.24, 2.45) is 0 Å². The van der Waals surface area contributed by atoms with Crippen LogP contribution in [0.25, 0.3) is 0 Å². The van der Waals surface area contributed by atoms with Gasteiger partial charge in [-0.3, -0.25) is 9.48 Å². The fourth-order valence-corrected chi connectivity index (χ4v) is 3.36. The van der Waals surface area contributed by atoms with Gasteiger partial charge in [0, 0.05) is 23.9 Å². The molecule has 1 aromatic heterocycles. The van der Waals surface area contributed by atoms with Crippen LogP contribution in [0.5, 0.6) is 5.75 Å². The number of hydrogen-bond donors (Lipinski definition) is 0. The number of benzene rings is 2. The minimum atomic E-state index is -0.0991. The first-order valence-corrected chi connectivity index (χ1v) is 9.40. The summed E-state index contributed by atoms with van der Waals surface area (Å²) in [7, 11) is 3.47. The van der Waals surface area contributed by atoms with E-state index in [9.17, 15) is 4.79 Å². The highest BCUT2D eigenvalue weighted by Crippen LogP contribution is 2.29. The third-order valence-electron chi connectivity index (χ3n) is 5.13. The average molecular weight is 377 g/mol. The van der Waals surface area contributed by atoms with Crippen LogP contribution in [0.3, 0.4) is 0 Å². The molecule has 5 heteroatoms. The summed E-state index contributed by atoms with van der Waals surface area (Å²) in [6.45, 7) is 6.74. The first-order valence-electron chi connectivity index (χ1n) is 9.40. The van der Waals surface area contributed by atoms with Crippen LogP contribution in [-0.2, 0) is 6.54 Å². The van der Waals surface area contributed by atoms with Gasteiger partial charge in [-0.05, 0) is 50.6 Å². The maximum absolute atomic E-state index is 13.0. The van der Waals surface area contributed by atoms with Crippen molar-refractivity contribution < 1.29 is 9.53 Å². The van der Waals surface area contributed by atoms with Crippen LogP contribution >= 0.6 is 0 Å². The van der Waals surface area contributed by atoms with Crippen LogP contribution in [0.4, 0.5) is 0 Å². The molecule has 0 aliphatic heterocycles. The summed E-state index contributed by atoms with van der Waals surface area (Å²) in [5.41, 5.74) is 4.91. The molecule has 2 aromatic carbocycles. The fourth-order valence-electron chi connectivity index (χ4n) is 3.36. The van der Waals surface area contributed by atoms with Gasteiger partial charge in [0.25, 0.3) is 5.91 Å². The van der Waals surface area contributed by atoms with Gasteiger partial charge in [0.2, 0.25) is 0 Å². The van der Waals surface area contributed by atoms with Crippen molar-refractivity contribution >= 4 is 5.91 Å².